The van der Waals surface area contributed by atoms with E-state index in [9.17, 15) is 5.11 Å². The van der Waals surface area contributed by atoms with Crippen LogP contribution in [0.5, 0.6) is 17.2 Å². The molecule has 96 valence electrons. The highest BCUT2D eigenvalue weighted by molar-refractivity contribution is 5.47. The lowest BCUT2D eigenvalue weighted by Crippen LogP contribution is -1.99. The van der Waals surface area contributed by atoms with Gasteiger partial charge in [-0.25, -0.2) is 0 Å². The van der Waals surface area contributed by atoms with E-state index in [-0.39, 0.29) is 0 Å². The van der Waals surface area contributed by atoms with Crippen LogP contribution in [0, 0.1) is 0 Å². The lowest BCUT2D eigenvalue weighted by molar-refractivity contribution is 0.190. The summed E-state index contributed by atoms with van der Waals surface area (Å²) in [6, 6.07) is 5.39. The molecule has 0 saturated carbocycles. The quantitative estimate of drug-likeness (QED) is 0.901. The summed E-state index contributed by atoms with van der Waals surface area (Å²) in [7, 11) is 3.38. The fourth-order valence-electron chi connectivity index (χ4n) is 1.78. The fraction of sp³-hybridized carbons (Fsp3) is 0.308. The van der Waals surface area contributed by atoms with E-state index in [0.29, 0.717) is 22.8 Å². The molecule has 2 aromatic rings. The SMILES string of the molecule is COc1cccc(Oc2cnn(C)c2)c1[C@H](C)O. The molecule has 0 aliphatic heterocycles. The van der Waals surface area contributed by atoms with Crippen LogP contribution in [-0.4, -0.2) is 22.0 Å². The summed E-state index contributed by atoms with van der Waals surface area (Å²) >= 11 is 0. The van der Waals surface area contributed by atoms with E-state index in [1.807, 2.05) is 13.1 Å². The maximum Gasteiger partial charge on any atom is 0.165 e. The van der Waals surface area contributed by atoms with Crippen molar-refractivity contribution in [1.29, 1.82) is 0 Å². The molecule has 18 heavy (non-hydrogen) atoms. The van der Waals surface area contributed by atoms with Gasteiger partial charge >= 0.3 is 0 Å². The normalized spacial score (nSPS) is 12.2. The second kappa shape index (κ2) is 5.10. The minimum Gasteiger partial charge on any atom is -0.496 e. The molecule has 0 spiro atoms. The molecule has 0 saturated heterocycles. The maximum atomic E-state index is 9.82. The van der Waals surface area contributed by atoms with E-state index in [1.165, 1.54) is 0 Å². The van der Waals surface area contributed by atoms with Gasteiger partial charge in [0.15, 0.2) is 5.75 Å². The maximum absolute atomic E-state index is 9.82. The molecular formula is C13H16N2O3. The van der Waals surface area contributed by atoms with Crippen LogP contribution in [0.4, 0.5) is 0 Å². The topological polar surface area (TPSA) is 56.5 Å². The number of benzene rings is 1. The molecule has 5 heteroatoms. The number of ether oxygens (including phenoxy) is 2. The van der Waals surface area contributed by atoms with Crippen LogP contribution in [0.2, 0.25) is 0 Å². The van der Waals surface area contributed by atoms with Crippen LogP contribution < -0.4 is 9.47 Å². The molecule has 0 aliphatic carbocycles. The molecular weight excluding hydrogens is 232 g/mol. The Morgan fingerprint density at radius 2 is 2.06 bits per heavy atom. The van der Waals surface area contributed by atoms with Crippen molar-refractivity contribution >= 4 is 0 Å². The Kier molecular flexibility index (Phi) is 3.53. The highest BCUT2D eigenvalue weighted by atomic mass is 16.5. The number of aliphatic hydroxyl groups is 1. The highest BCUT2D eigenvalue weighted by Crippen LogP contribution is 2.36. The highest BCUT2D eigenvalue weighted by Gasteiger charge is 2.16. The van der Waals surface area contributed by atoms with Gasteiger partial charge in [0.25, 0.3) is 0 Å². The zero-order valence-electron chi connectivity index (χ0n) is 10.6. The van der Waals surface area contributed by atoms with E-state index in [1.54, 1.807) is 43.2 Å². The van der Waals surface area contributed by atoms with E-state index in [4.69, 9.17) is 9.47 Å². The van der Waals surface area contributed by atoms with Gasteiger partial charge in [0.05, 0.1) is 31.2 Å². The van der Waals surface area contributed by atoms with Gasteiger partial charge in [0.1, 0.15) is 11.5 Å². The molecule has 0 unspecified atom stereocenters. The monoisotopic (exact) mass is 248 g/mol. The Balaban J connectivity index is 2.37. The van der Waals surface area contributed by atoms with Crippen molar-refractivity contribution in [2.24, 2.45) is 7.05 Å². The Bertz CT molecular complexity index is 535. The Labute approximate surface area is 106 Å². The Hall–Kier alpha value is -2.01. The van der Waals surface area contributed by atoms with Crippen molar-refractivity contribution in [1.82, 2.24) is 9.78 Å². The van der Waals surface area contributed by atoms with E-state index in [0.717, 1.165) is 0 Å². The van der Waals surface area contributed by atoms with Crippen molar-refractivity contribution < 1.29 is 14.6 Å². The number of rotatable bonds is 4. The van der Waals surface area contributed by atoms with Crippen molar-refractivity contribution in [2.75, 3.05) is 7.11 Å². The summed E-state index contributed by atoms with van der Waals surface area (Å²) < 4.78 is 12.6. The molecule has 1 N–H and O–H groups in total. The van der Waals surface area contributed by atoms with Gasteiger partial charge in [0, 0.05) is 7.05 Å². The van der Waals surface area contributed by atoms with Gasteiger partial charge in [-0.05, 0) is 19.1 Å². The van der Waals surface area contributed by atoms with Gasteiger partial charge in [-0.1, -0.05) is 6.07 Å². The summed E-state index contributed by atoms with van der Waals surface area (Å²) in [5, 5.41) is 13.8. The summed E-state index contributed by atoms with van der Waals surface area (Å²) in [5.74, 6) is 1.79. The first-order chi connectivity index (χ1) is 8.61. The second-order valence-corrected chi connectivity index (χ2v) is 4.00. The number of nitrogens with zero attached hydrogens (tertiary/aromatic N) is 2. The summed E-state index contributed by atoms with van der Waals surface area (Å²) in [5.41, 5.74) is 0.629. The fourth-order valence-corrected chi connectivity index (χ4v) is 1.78. The van der Waals surface area contributed by atoms with Gasteiger partial charge in [-0.3, -0.25) is 4.68 Å². The van der Waals surface area contributed by atoms with E-state index in [2.05, 4.69) is 5.10 Å². The zero-order chi connectivity index (χ0) is 13.1. The average Bonchev–Trinajstić information content (AvgIpc) is 2.74. The molecule has 0 fully saturated rings. The second-order valence-electron chi connectivity index (χ2n) is 4.00. The minimum absolute atomic E-state index is 0.567. The lowest BCUT2D eigenvalue weighted by atomic mass is 10.1. The number of hydrogen-bond donors (Lipinski definition) is 1. The summed E-state index contributed by atoms with van der Waals surface area (Å²) in [6.07, 6.45) is 2.70. The van der Waals surface area contributed by atoms with Crippen LogP contribution in [-0.2, 0) is 7.05 Å². The van der Waals surface area contributed by atoms with Gasteiger partial charge in [-0.2, -0.15) is 5.10 Å². The van der Waals surface area contributed by atoms with Crippen LogP contribution in [0.3, 0.4) is 0 Å². The van der Waals surface area contributed by atoms with Crippen molar-refractivity contribution in [3.63, 3.8) is 0 Å². The van der Waals surface area contributed by atoms with Crippen molar-refractivity contribution in [3.05, 3.63) is 36.2 Å². The largest absolute Gasteiger partial charge is 0.496 e. The molecule has 1 aromatic heterocycles. The number of aromatic nitrogens is 2. The third-order valence-corrected chi connectivity index (χ3v) is 2.57. The Morgan fingerprint density at radius 3 is 2.61 bits per heavy atom. The first-order valence-corrected chi connectivity index (χ1v) is 5.63. The van der Waals surface area contributed by atoms with Crippen LogP contribution in [0.25, 0.3) is 0 Å². The third-order valence-electron chi connectivity index (χ3n) is 2.57. The van der Waals surface area contributed by atoms with E-state index >= 15 is 0 Å². The number of hydrogen-bond acceptors (Lipinski definition) is 4. The number of aliphatic hydroxyl groups excluding tert-OH is 1. The first kappa shape index (κ1) is 12.4. The standard InChI is InChI=1S/C13H16N2O3/c1-9(16)13-11(17-3)5-4-6-12(13)18-10-7-14-15(2)8-10/h4-9,16H,1-3H3/t9-/m0/s1. The van der Waals surface area contributed by atoms with Crippen molar-refractivity contribution in [2.45, 2.75) is 13.0 Å². The predicted octanol–water partition coefficient (Wildman–Crippen LogP) is 2.27. The molecule has 1 heterocycles. The number of methoxy groups -OCH3 is 1. The summed E-state index contributed by atoms with van der Waals surface area (Å²) in [6.45, 7) is 1.67. The van der Waals surface area contributed by atoms with Gasteiger partial charge < -0.3 is 14.6 Å². The van der Waals surface area contributed by atoms with Crippen LogP contribution >= 0.6 is 0 Å². The molecule has 0 aliphatic rings. The summed E-state index contributed by atoms with van der Waals surface area (Å²) in [4.78, 5) is 0. The minimum atomic E-state index is -0.673. The smallest absolute Gasteiger partial charge is 0.165 e. The van der Waals surface area contributed by atoms with E-state index < -0.39 is 6.10 Å². The molecule has 1 atom stereocenters. The average molecular weight is 248 g/mol. The van der Waals surface area contributed by atoms with Crippen molar-refractivity contribution in [3.8, 4) is 17.2 Å². The molecule has 0 radical (unpaired) electrons. The zero-order valence-corrected chi connectivity index (χ0v) is 10.6. The van der Waals surface area contributed by atoms with Crippen LogP contribution in [0.15, 0.2) is 30.6 Å². The predicted molar refractivity (Wildman–Crippen MR) is 66.9 cm³/mol. The van der Waals surface area contributed by atoms with Crippen LogP contribution in [0.1, 0.15) is 18.6 Å². The van der Waals surface area contributed by atoms with Gasteiger partial charge in [0.2, 0.25) is 0 Å². The third kappa shape index (κ3) is 2.46. The molecule has 2 rings (SSSR count). The molecule has 0 bridgehead atoms. The van der Waals surface area contributed by atoms with Gasteiger partial charge in [-0.15, -0.1) is 0 Å². The molecule has 0 amide bonds. The molecule has 5 nitrogen and oxygen atoms in total. The number of aryl methyl sites for hydroxylation is 1. The first-order valence-electron chi connectivity index (χ1n) is 5.63. The Morgan fingerprint density at radius 1 is 1.33 bits per heavy atom. The lowest BCUT2D eigenvalue weighted by Gasteiger charge is -2.15. The molecule has 1 aromatic carbocycles.